The maximum Gasteiger partial charge on any atom is 0.333 e. The Balaban J connectivity index is 0.00000343. The molecule has 0 aromatic rings. The highest BCUT2D eigenvalue weighted by Gasteiger charge is 2.37. The summed E-state index contributed by atoms with van der Waals surface area (Å²) in [5.41, 5.74) is 0.0164. The Bertz CT molecular complexity index is 667. The van der Waals surface area contributed by atoms with E-state index in [-0.39, 0.29) is 30.4 Å². The maximum absolute atomic E-state index is 13.2. The Kier molecular flexibility index (Phi) is 15.0. The van der Waals surface area contributed by atoms with Gasteiger partial charge in [-0.25, -0.2) is 4.79 Å². The SMILES string of the molecule is CCC.CCOC(=O)/C(C)=C/CN(C)C(=O)C(NC(=O)C1CCCCN1CC(C)C)C(C)(C)C. The van der Waals surface area contributed by atoms with Crippen molar-refractivity contribution in [3.8, 4) is 0 Å². The quantitative estimate of drug-likeness (QED) is 0.390. The molecule has 1 fully saturated rings. The van der Waals surface area contributed by atoms with Crippen LogP contribution < -0.4 is 5.32 Å². The van der Waals surface area contributed by atoms with Crippen molar-refractivity contribution < 1.29 is 19.1 Å². The number of amides is 2. The third-order valence-corrected chi connectivity index (χ3v) is 5.56. The zero-order chi connectivity index (χ0) is 26.5. The van der Waals surface area contributed by atoms with Crippen LogP contribution in [0.2, 0.25) is 0 Å². The second-order valence-electron chi connectivity index (χ2n) is 10.7. The van der Waals surface area contributed by atoms with Gasteiger partial charge < -0.3 is 15.0 Å². The van der Waals surface area contributed by atoms with E-state index in [9.17, 15) is 14.4 Å². The highest BCUT2D eigenvalue weighted by molar-refractivity contribution is 5.91. The number of nitrogens with zero attached hydrogens (tertiary/aromatic N) is 2. The second-order valence-corrected chi connectivity index (χ2v) is 10.7. The first kappa shape index (κ1) is 32.1. The maximum atomic E-state index is 13.2. The van der Waals surface area contributed by atoms with E-state index in [1.54, 1.807) is 31.9 Å². The van der Waals surface area contributed by atoms with Gasteiger partial charge in [-0.2, -0.15) is 0 Å². The third-order valence-electron chi connectivity index (χ3n) is 5.56. The summed E-state index contributed by atoms with van der Waals surface area (Å²) in [6, 6.07) is -0.839. The molecular formula is C27H51N3O4. The summed E-state index contributed by atoms with van der Waals surface area (Å²) < 4.78 is 4.98. The number of rotatable bonds is 9. The van der Waals surface area contributed by atoms with Gasteiger partial charge in [-0.05, 0) is 44.6 Å². The number of hydrogen-bond acceptors (Lipinski definition) is 5. The Morgan fingerprint density at radius 3 is 2.24 bits per heavy atom. The van der Waals surface area contributed by atoms with Gasteiger partial charge in [-0.15, -0.1) is 0 Å². The lowest BCUT2D eigenvalue weighted by molar-refractivity contribution is -0.140. The lowest BCUT2D eigenvalue weighted by atomic mass is 9.85. The van der Waals surface area contributed by atoms with Crippen LogP contribution in [0.3, 0.4) is 0 Å². The molecule has 0 spiro atoms. The normalized spacial score (nSPS) is 18.0. The van der Waals surface area contributed by atoms with E-state index in [1.165, 1.54) is 6.42 Å². The van der Waals surface area contributed by atoms with Crippen molar-refractivity contribution in [1.82, 2.24) is 15.1 Å². The average molecular weight is 482 g/mol. The van der Waals surface area contributed by atoms with E-state index < -0.39 is 11.5 Å². The molecule has 0 radical (unpaired) electrons. The van der Waals surface area contributed by atoms with Crippen LogP contribution in [-0.2, 0) is 19.1 Å². The topological polar surface area (TPSA) is 79.0 Å². The van der Waals surface area contributed by atoms with E-state index in [1.807, 2.05) is 20.8 Å². The second kappa shape index (κ2) is 15.9. The van der Waals surface area contributed by atoms with Crippen molar-refractivity contribution in [2.24, 2.45) is 11.3 Å². The van der Waals surface area contributed by atoms with Crippen LogP contribution in [0, 0.1) is 11.3 Å². The van der Waals surface area contributed by atoms with E-state index in [0.717, 1.165) is 32.4 Å². The molecule has 2 amide bonds. The van der Waals surface area contributed by atoms with Gasteiger partial charge in [0.05, 0.1) is 12.6 Å². The number of hydrogen-bond donors (Lipinski definition) is 1. The summed E-state index contributed by atoms with van der Waals surface area (Å²) in [5, 5.41) is 3.06. The molecular weight excluding hydrogens is 430 g/mol. The fraction of sp³-hybridized carbons (Fsp3) is 0.815. The van der Waals surface area contributed by atoms with Crippen LogP contribution in [0.25, 0.3) is 0 Å². The van der Waals surface area contributed by atoms with E-state index in [0.29, 0.717) is 18.1 Å². The molecule has 7 nitrogen and oxygen atoms in total. The van der Waals surface area contributed by atoms with Crippen molar-refractivity contribution in [3.63, 3.8) is 0 Å². The molecule has 7 heteroatoms. The minimum Gasteiger partial charge on any atom is -0.463 e. The van der Waals surface area contributed by atoms with Gasteiger partial charge in [0, 0.05) is 25.7 Å². The molecule has 1 N–H and O–H groups in total. The highest BCUT2D eigenvalue weighted by atomic mass is 16.5. The average Bonchev–Trinajstić information content (AvgIpc) is 2.74. The fourth-order valence-corrected chi connectivity index (χ4v) is 3.78. The third kappa shape index (κ3) is 11.5. The molecule has 0 saturated carbocycles. The monoisotopic (exact) mass is 481 g/mol. The Labute approximate surface area is 208 Å². The number of piperidine rings is 1. The van der Waals surface area contributed by atoms with Crippen LogP contribution in [0.1, 0.15) is 88.0 Å². The Hall–Kier alpha value is -1.89. The van der Waals surface area contributed by atoms with Crippen LogP contribution >= 0.6 is 0 Å². The smallest absolute Gasteiger partial charge is 0.333 e. The van der Waals surface area contributed by atoms with Crippen LogP contribution in [0.5, 0.6) is 0 Å². The summed E-state index contributed by atoms with van der Waals surface area (Å²) in [5.74, 6) is -0.138. The molecule has 0 aliphatic carbocycles. The summed E-state index contributed by atoms with van der Waals surface area (Å²) >= 11 is 0. The van der Waals surface area contributed by atoms with Gasteiger partial charge in [0.1, 0.15) is 6.04 Å². The van der Waals surface area contributed by atoms with Gasteiger partial charge >= 0.3 is 5.97 Å². The van der Waals surface area contributed by atoms with Crippen molar-refractivity contribution in [2.75, 3.05) is 33.3 Å². The molecule has 0 aromatic heterocycles. The lowest BCUT2D eigenvalue weighted by Crippen LogP contribution is -2.59. The summed E-state index contributed by atoms with van der Waals surface area (Å²) in [4.78, 5) is 42.0. The molecule has 2 unspecified atom stereocenters. The highest BCUT2D eigenvalue weighted by Crippen LogP contribution is 2.23. The molecule has 1 rings (SSSR count). The molecule has 1 aliphatic rings. The Morgan fingerprint density at radius 1 is 1.15 bits per heavy atom. The van der Waals surface area contributed by atoms with Crippen LogP contribution in [0.15, 0.2) is 11.6 Å². The molecule has 0 bridgehead atoms. The number of likely N-dealkylation sites (tertiary alicyclic amines) is 1. The minimum absolute atomic E-state index is 0.0692. The fourth-order valence-electron chi connectivity index (χ4n) is 3.78. The van der Waals surface area contributed by atoms with E-state index in [2.05, 4.69) is 37.9 Å². The predicted octanol–water partition coefficient (Wildman–Crippen LogP) is 4.41. The molecule has 34 heavy (non-hydrogen) atoms. The predicted molar refractivity (Wildman–Crippen MR) is 139 cm³/mol. The van der Waals surface area contributed by atoms with E-state index >= 15 is 0 Å². The lowest BCUT2D eigenvalue weighted by Gasteiger charge is -2.39. The number of likely N-dealkylation sites (N-methyl/N-ethyl adjacent to an activating group) is 1. The summed E-state index contributed by atoms with van der Waals surface area (Å²) in [7, 11) is 1.69. The molecule has 1 saturated heterocycles. The largest absolute Gasteiger partial charge is 0.463 e. The van der Waals surface area contributed by atoms with Crippen molar-refractivity contribution in [1.29, 1.82) is 0 Å². The first-order chi connectivity index (χ1) is 15.8. The standard InChI is InChI=1S/C24H43N3O4.C3H8/c1-9-31-23(30)18(4)13-15-26(8)22(29)20(24(5,6)7)25-21(28)19-12-10-11-14-27(19)16-17(2)3;1-3-2/h13,17,19-20H,9-12,14-16H2,1-8H3,(H,25,28);3H2,1-2H3/b18-13+;. The molecule has 1 aliphatic heterocycles. The number of esters is 1. The van der Waals surface area contributed by atoms with Crippen molar-refractivity contribution in [3.05, 3.63) is 11.6 Å². The zero-order valence-electron chi connectivity index (χ0n) is 23.5. The van der Waals surface area contributed by atoms with Gasteiger partial charge in [-0.1, -0.05) is 67.4 Å². The van der Waals surface area contributed by atoms with Gasteiger partial charge in [0.2, 0.25) is 11.8 Å². The van der Waals surface area contributed by atoms with Crippen LogP contribution in [-0.4, -0.2) is 73.0 Å². The number of carbonyl (C=O) groups is 3. The molecule has 2 atom stereocenters. The first-order valence-corrected chi connectivity index (χ1v) is 12.9. The summed E-state index contributed by atoms with van der Waals surface area (Å²) in [6.45, 7) is 20.2. The van der Waals surface area contributed by atoms with Crippen molar-refractivity contribution in [2.45, 2.75) is 100 Å². The van der Waals surface area contributed by atoms with Gasteiger partial charge in [0.25, 0.3) is 0 Å². The minimum atomic E-state index is -0.649. The number of carbonyl (C=O) groups excluding carboxylic acids is 3. The summed E-state index contributed by atoms with van der Waals surface area (Å²) in [6.07, 6.45) is 5.88. The molecule has 1 heterocycles. The van der Waals surface area contributed by atoms with Gasteiger partial charge in [-0.3, -0.25) is 14.5 Å². The van der Waals surface area contributed by atoms with Crippen LogP contribution in [0.4, 0.5) is 0 Å². The number of ether oxygens (including phenoxy) is 1. The number of nitrogens with one attached hydrogen (secondary N) is 1. The molecule has 198 valence electrons. The van der Waals surface area contributed by atoms with Crippen molar-refractivity contribution >= 4 is 17.8 Å². The zero-order valence-corrected chi connectivity index (χ0v) is 23.5. The molecule has 0 aromatic carbocycles. The van der Waals surface area contributed by atoms with E-state index in [4.69, 9.17) is 4.74 Å². The first-order valence-electron chi connectivity index (χ1n) is 12.9. The Morgan fingerprint density at radius 2 is 1.74 bits per heavy atom. The van der Waals surface area contributed by atoms with Gasteiger partial charge in [0.15, 0.2) is 0 Å².